The third kappa shape index (κ3) is 2.41. The molecule has 1 fully saturated rings. The zero-order chi connectivity index (χ0) is 9.10. The van der Waals surface area contributed by atoms with Crippen LogP contribution in [0, 0.1) is 5.92 Å². The van der Waals surface area contributed by atoms with E-state index in [0.717, 1.165) is 5.92 Å². The van der Waals surface area contributed by atoms with Crippen LogP contribution in [0.25, 0.3) is 0 Å². The van der Waals surface area contributed by atoms with Gasteiger partial charge in [-0.25, -0.2) is 0 Å². The van der Waals surface area contributed by atoms with Crippen molar-refractivity contribution in [2.45, 2.75) is 24.2 Å². The summed E-state index contributed by atoms with van der Waals surface area (Å²) in [5.74, 6) is 2.51. The van der Waals surface area contributed by atoms with Crippen molar-refractivity contribution < 1.29 is 5.11 Å². The summed E-state index contributed by atoms with van der Waals surface area (Å²) in [5, 5.41) is 9.24. The molecule has 1 aromatic rings. The van der Waals surface area contributed by atoms with Crippen LogP contribution in [0.3, 0.4) is 0 Å². The quantitative estimate of drug-likeness (QED) is 0.745. The van der Waals surface area contributed by atoms with Crippen LogP contribution in [0.5, 0.6) is 5.75 Å². The van der Waals surface area contributed by atoms with Gasteiger partial charge >= 0.3 is 0 Å². The first kappa shape index (κ1) is 8.95. The fourth-order valence-electron chi connectivity index (χ4n) is 1.45. The van der Waals surface area contributed by atoms with E-state index in [0.29, 0.717) is 5.75 Å². The van der Waals surface area contributed by atoms with E-state index in [4.69, 9.17) is 0 Å². The molecule has 2 heteroatoms. The van der Waals surface area contributed by atoms with Crippen molar-refractivity contribution in [2.24, 2.45) is 5.92 Å². The fourth-order valence-corrected chi connectivity index (χ4v) is 2.59. The Morgan fingerprint density at radius 2 is 2.23 bits per heavy atom. The van der Waals surface area contributed by atoms with E-state index >= 15 is 0 Å². The van der Waals surface area contributed by atoms with Crippen LogP contribution < -0.4 is 0 Å². The van der Waals surface area contributed by atoms with E-state index in [9.17, 15) is 5.11 Å². The van der Waals surface area contributed by atoms with Crippen LogP contribution in [0.1, 0.15) is 19.3 Å². The van der Waals surface area contributed by atoms with Crippen LogP contribution >= 0.6 is 11.8 Å². The molecule has 0 amide bonds. The molecule has 70 valence electrons. The Labute approximate surface area is 83.2 Å². The lowest BCUT2D eigenvalue weighted by molar-refractivity contribution is 0.353. The van der Waals surface area contributed by atoms with Crippen molar-refractivity contribution in [1.82, 2.24) is 0 Å². The second-order valence-electron chi connectivity index (χ2n) is 3.61. The largest absolute Gasteiger partial charge is 0.508 e. The minimum Gasteiger partial charge on any atom is -0.508 e. The van der Waals surface area contributed by atoms with Crippen molar-refractivity contribution in [3.63, 3.8) is 0 Å². The summed E-state index contributed by atoms with van der Waals surface area (Å²) in [7, 11) is 0. The van der Waals surface area contributed by atoms with Gasteiger partial charge in [0.05, 0.1) is 0 Å². The summed E-state index contributed by atoms with van der Waals surface area (Å²) in [5.41, 5.74) is 0. The van der Waals surface area contributed by atoms with Gasteiger partial charge in [-0.2, -0.15) is 0 Å². The summed E-state index contributed by atoms with van der Waals surface area (Å²) in [6.45, 7) is 0. The molecular formula is C11H14OS. The lowest BCUT2D eigenvalue weighted by Crippen LogP contribution is -2.12. The number of hydrogen-bond acceptors (Lipinski definition) is 2. The lowest BCUT2D eigenvalue weighted by atomic mass is 9.87. The number of benzene rings is 1. The molecule has 13 heavy (non-hydrogen) atoms. The summed E-state index contributed by atoms with van der Waals surface area (Å²) >= 11 is 1.86. The number of thioether (sulfide) groups is 1. The van der Waals surface area contributed by atoms with E-state index in [1.807, 2.05) is 23.9 Å². The fraction of sp³-hybridized carbons (Fsp3) is 0.455. The monoisotopic (exact) mass is 194 g/mol. The summed E-state index contributed by atoms with van der Waals surface area (Å²) in [6.07, 6.45) is 4.20. The predicted octanol–water partition coefficient (Wildman–Crippen LogP) is 3.28. The molecule has 1 aliphatic rings. The van der Waals surface area contributed by atoms with E-state index < -0.39 is 0 Å². The van der Waals surface area contributed by atoms with Crippen LogP contribution in [0.15, 0.2) is 29.2 Å². The average Bonchev–Trinajstić information content (AvgIpc) is 2.01. The van der Waals surface area contributed by atoms with E-state index in [1.54, 1.807) is 6.07 Å². The summed E-state index contributed by atoms with van der Waals surface area (Å²) in [4.78, 5) is 1.19. The Kier molecular flexibility index (Phi) is 2.79. The molecule has 1 aliphatic carbocycles. The molecule has 2 rings (SSSR count). The van der Waals surface area contributed by atoms with Crippen LogP contribution in [0.4, 0.5) is 0 Å². The molecule has 0 bridgehead atoms. The Balaban J connectivity index is 1.86. The first-order chi connectivity index (χ1) is 6.34. The van der Waals surface area contributed by atoms with Crippen LogP contribution in [0.2, 0.25) is 0 Å². The first-order valence-corrected chi connectivity index (χ1v) is 5.75. The van der Waals surface area contributed by atoms with Gasteiger partial charge in [0.25, 0.3) is 0 Å². The minimum atomic E-state index is 0.374. The van der Waals surface area contributed by atoms with Crippen LogP contribution in [-0.2, 0) is 0 Å². The molecule has 0 atom stereocenters. The van der Waals surface area contributed by atoms with Gasteiger partial charge in [-0.3, -0.25) is 0 Å². The maximum Gasteiger partial charge on any atom is 0.116 e. The molecule has 0 spiro atoms. The van der Waals surface area contributed by atoms with Gasteiger partial charge in [-0.15, -0.1) is 11.8 Å². The average molecular weight is 194 g/mol. The number of phenols is 1. The Morgan fingerprint density at radius 3 is 2.85 bits per heavy atom. The minimum absolute atomic E-state index is 0.374. The highest BCUT2D eigenvalue weighted by molar-refractivity contribution is 7.99. The molecule has 1 aromatic carbocycles. The molecule has 0 aliphatic heterocycles. The van der Waals surface area contributed by atoms with Crippen molar-refractivity contribution in [2.75, 3.05) is 5.75 Å². The number of aromatic hydroxyl groups is 1. The van der Waals surface area contributed by atoms with Crippen molar-refractivity contribution in [1.29, 1.82) is 0 Å². The molecule has 1 saturated carbocycles. The Hall–Kier alpha value is -0.630. The summed E-state index contributed by atoms with van der Waals surface area (Å²) in [6, 6.07) is 7.51. The third-order valence-corrected chi connectivity index (χ3v) is 3.75. The molecule has 0 heterocycles. The number of hydrogen-bond donors (Lipinski definition) is 1. The van der Waals surface area contributed by atoms with Gasteiger partial charge in [0, 0.05) is 10.6 Å². The van der Waals surface area contributed by atoms with Gasteiger partial charge in [0.2, 0.25) is 0 Å². The topological polar surface area (TPSA) is 20.2 Å². The van der Waals surface area contributed by atoms with Crippen molar-refractivity contribution in [3.8, 4) is 5.75 Å². The van der Waals surface area contributed by atoms with E-state index in [1.165, 1.54) is 29.9 Å². The Bertz CT molecular complexity index is 281. The van der Waals surface area contributed by atoms with Gasteiger partial charge in [-0.05, 0) is 37.0 Å². The third-order valence-electron chi connectivity index (χ3n) is 2.53. The molecule has 1 N–H and O–H groups in total. The van der Waals surface area contributed by atoms with Gasteiger partial charge in [0.15, 0.2) is 0 Å². The van der Waals surface area contributed by atoms with E-state index in [-0.39, 0.29) is 0 Å². The Morgan fingerprint density at radius 1 is 1.38 bits per heavy atom. The van der Waals surface area contributed by atoms with Crippen molar-refractivity contribution >= 4 is 11.8 Å². The smallest absolute Gasteiger partial charge is 0.116 e. The highest BCUT2D eigenvalue weighted by atomic mass is 32.2. The highest BCUT2D eigenvalue weighted by Crippen LogP contribution is 2.33. The maximum atomic E-state index is 9.24. The lowest BCUT2D eigenvalue weighted by Gasteiger charge is -2.24. The SMILES string of the molecule is Oc1cccc(SCC2CCC2)c1. The zero-order valence-corrected chi connectivity index (χ0v) is 8.39. The predicted molar refractivity (Wildman–Crippen MR) is 56.2 cm³/mol. The molecule has 0 aromatic heterocycles. The van der Waals surface area contributed by atoms with Crippen LogP contribution in [-0.4, -0.2) is 10.9 Å². The first-order valence-electron chi connectivity index (χ1n) is 4.76. The summed E-state index contributed by atoms with van der Waals surface area (Å²) < 4.78 is 0. The molecule has 0 saturated heterocycles. The second-order valence-corrected chi connectivity index (χ2v) is 4.70. The number of phenolic OH excluding ortho intramolecular Hbond substituents is 1. The molecule has 0 unspecified atom stereocenters. The standard InChI is InChI=1S/C11H14OS/c12-10-5-2-6-11(7-10)13-8-9-3-1-4-9/h2,5-7,9,12H,1,3-4,8H2. The molecule has 0 radical (unpaired) electrons. The van der Waals surface area contributed by atoms with Gasteiger partial charge in [0.1, 0.15) is 5.75 Å². The molecule has 1 nitrogen and oxygen atoms in total. The maximum absolute atomic E-state index is 9.24. The normalized spacial score (nSPS) is 16.9. The zero-order valence-electron chi connectivity index (χ0n) is 7.57. The van der Waals surface area contributed by atoms with Gasteiger partial charge in [-0.1, -0.05) is 12.5 Å². The highest BCUT2D eigenvalue weighted by Gasteiger charge is 2.17. The number of rotatable bonds is 3. The van der Waals surface area contributed by atoms with E-state index in [2.05, 4.69) is 6.07 Å². The molecular weight excluding hydrogens is 180 g/mol. The second kappa shape index (κ2) is 4.05. The van der Waals surface area contributed by atoms with Gasteiger partial charge < -0.3 is 5.11 Å². The van der Waals surface area contributed by atoms with Crippen molar-refractivity contribution in [3.05, 3.63) is 24.3 Å².